The summed E-state index contributed by atoms with van der Waals surface area (Å²) in [5, 5.41) is 2.55. The van der Waals surface area contributed by atoms with Gasteiger partial charge in [0, 0.05) is 25.2 Å². The van der Waals surface area contributed by atoms with Crippen LogP contribution in [0.3, 0.4) is 0 Å². The lowest BCUT2D eigenvalue weighted by Gasteiger charge is -2.24. The fourth-order valence-corrected chi connectivity index (χ4v) is 1.36. The molecule has 1 amide bonds. The summed E-state index contributed by atoms with van der Waals surface area (Å²) in [7, 11) is 0. The fourth-order valence-electron chi connectivity index (χ4n) is 1.36. The molecule has 0 radical (unpaired) electrons. The predicted octanol–water partition coefficient (Wildman–Crippen LogP) is -0.558. The van der Waals surface area contributed by atoms with Crippen molar-refractivity contribution in [1.82, 2.24) is 10.0 Å². The average molecular weight is 240 g/mol. The Morgan fingerprint density at radius 3 is 2.47 bits per heavy atom. The lowest BCUT2D eigenvalue weighted by Crippen LogP contribution is -2.44. The van der Waals surface area contributed by atoms with E-state index in [4.69, 9.17) is 11.7 Å². The zero-order chi connectivity index (χ0) is 13.4. The molecular formula is C11H20N4O2. The van der Waals surface area contributed by atoms with E-state index < -0.39 is 0 Å². The van der Waals surface area contributed by atoms with E-state index in [2.05, 4.69) is 13.2 Å². The van der Waals surface area contributed by atoms with E-state index >= 15 is 0 Å². The summed E-state index contributed by atoms with van der Waals surface area (Å²) < 4.78 is 0. The minimum Gasteiger partial charge on any atom is -0.298 e. The minimum atomic E-state index is -0.335. The van der Waals surface area contributed by atoms with Crippen LogP contribution in [-0.4, -0.2) is 41.8 Å². The van der Waals surface area contributed by atoms with Gasteiger partial charge < -0.3 is 0 Å². The lowest BCUT2D eigenvalue weighted by atomic mass is 10.1. The molecule has 0 aromatic carbocycles. The van der Waals surface area contributed by atoms with Crippen LogP contribution >= 0.6 is 0 Å². The second-order valence-corrected chi connectivity index (χ2v) is 4.01. The van der Waals surface area contributed by atoms with Gasteiger partial charge in [-0.3, -0.25) is 20.4 Å². The van der Waals surface area contributed by atoms with Gasteiger partial charge in [-0.2, -0.15) is 0 Å². The maximum absolute atomic E-state index is 11.1. The molecule has 1 atom stereocenters. The summed E-state index contributed by atoms with van der Waals surface area (Å²) in [6.07, 6.45) is 1.82. The third-order valence-electron chi connectivity index (χ3n) is 2.09. The Kier molecular flexibility index (Phi) is 7.04. The van der Waals surface area contributed by atoms with Crippen molar-refractivity contribution in [1.29, 1.82) is 0 Å². The number of amides is 1. The predicted molar refractivity (Wildman–Crippen MR) is 66.2 cm³/mol. The van der Waals surface area contributed by atoms with E-state index in [0.29, 0.717) is 31.5 Å². The zero-order valence-electron chi connectivity index (χ0n) is 10.1. The molecular weight excluding hydrogens is 220 g/mol. The molecule has 6 nitrogen and oxygen atoms in total. The van der Waals surface area contributed by atoms with Crippen molar-refractivity contribution >= 4 is 12.2 Å². The number of hydrogen-bond donors (Lipinski definition) is 2. The van der Waals surface area contributed by atoms with E-state index in [9.17, 15) is 9.59 Å². The third kappa shape index (κ3) is 6.62. The largest absolute Gasteiger partial charge is 0.298 e. The van der Waals surface area contributed by atoms with Gasteiger partial charge in [-0.15, -0.1) is 0 Å². The van der Waals surface area contributed by atoms with Crippen molar-refractivity contribution in [3.05, 3.63) is 24.8 Å². The van der Waals surface area contributed by atoms with Crippen LogP contribution in [0.25, 0.3) is 0 Å². The maximum atomic E-state index is 11.1. The molecule has 0 aliphatic rings. The number of carbonyl (C=O) groups is 2. The number of hydrazine groups is 2. The van der Waals surface area contributed by atoms with Crippen molar-refractivity contribution < 1.29 is 9.59 Å². The Labute approximate surface area is 101 Å². The lowest BCUT2D eigenvalue weighted by molar-refractivity contribution is -0.126. The highest BCUT2D eigenvalue weighted by molar-refractivity contribution is 5.86. The summed E-state index contributed by atoms with van der Waals surface area (Å²) in [6, 6.07) is 0. The molecule has 0 saturated carbocycles. The molecule has 0 saturated heterocycles. The molecule has 0 aromatic heterocycles. The Morgan fingerprint density at radius 1 is 1.41 bits per heavy atom. The van der Waals surface area contributed by atoms with Crippen LogP contribution < -0.4 is 11.7 Å². The Morgan fingerprint density at radius 2 is 2.00 bits per heavy atom. The molecule has 6 heteroatoms. The van der Waals surface area contributed by atoms with Crippen molar-refractivity contribution in [2.24, 2.45) is 17.6 Å². The minimum absolute atomic E-state index is 0.0772. The summed E-state index contributed by atoms with van der Waals surface area (Å²) in [5.74, 6) is 10.9. The van der Waals surface area contributed by atoms with Gasteiger partial charge in [0.1, 0.15) is 6.29 Å². The van der Waals surface area contributed by atoms with E-state index in [1.54, 1.807) is 0 Å². The SMILES string of the molecule is C=CC(=O)N(N)CC(C)CN(N)CC(=C)C=O. The maximum Gasteiger partial charge on any atom is 0.259 e. The van der Waals surface area contributed by atoms with Crippen LogP contribution in [-0.2, 0) is 9.59 Å². The first-order chi connectivity index (χ1) is 7.90. The molecule has 4 N–H and O–H groups in total. The first kappa shape index (κ1) is 15.5. The Bertz CT molecular complexity index is 304. The molecule has 0 fully saturated rings. The average Bonchev–Trinajstić information content (AvgIpc) is 2.26. The van der Waals surface area contributed by atoms with Gasteiger partial charge >= 0.3 is 0 Å². The summed E-state index contributed by atoms with van der Waals surface area (Å²) >= 11 is 0. The van der Waals surface area contributed by atoms with Crippen LogP contribution in [0.5, 0.6) is 0 Å². The van der Waals surface area contributed by atoms with Gasteiger partial charge in [0.25, 0.3) is 5.91 Å². The second kappa shape index (κ2) is 7.72. The molecule has 0 bridgehead atoms. The molecule has 0 heterocycles. The van der Waals surface area contributed by atoms with Crippen molar-refractivity contribution in [3.8, 4) is 0 Å². The Hall–Kier alpha value is -1.50. The van der Waals surface area contributed by atoms with Gasteiger partial charge in [0.15, 0.2) is 0 Å². The topological polar surface area (TPSA) is 92.7 Å². The fraction of sp³-hybridized carbons (Fsp3) is 0.455. The van der Waals surface area contributed by atoms with Crippen LogP contribution in [0.4, 0.5) is 0 Å². The van der Waals surface area contributed by atoms with Crippen LogP contribution in [0.1, 0.15) is 6.92 Å². The number of nitrogens with two attached hydrogens (primary N) is 2. The van der Waals surface area contributed by atoms with Crippen molar-refractivity contribution in [2.75, 3.05) is 19.6 Å². The molecule has 0 aromatic rings. The van der Waals surface area contributed by atoms with Crippen LogP contribution in [0.2, 0.25) is 0 Å². The van der Waals surface area contributed by atoms with Gasteiger partial charge in [-0.25, -0.2) is 10.9 Å². The van der Waals surface area contributed by atoms with E-state index in [1.807, 2.05) is 6.92 Å². The summed E-state index contributed by atoms with van der Waals surface area (Å²) in [5.41, 5.74) is 0.409. The number of hydrogen-bond acceptors (Lipinski definition) is 5. The van der Waals surface area contributed by atoms with Crippen molar-refractivity contribution in [2.45, 2.75) is 6.92 Å². The standard InChI is InChI=1S/C11H20N4O2/c1-4-11(17)15(13)7-9(2)5-14(12)6-10(3)8-16/h4,8-9H,1,3,5-7,12-13H2,2H3. The summed E-state index contributed by atoms with van der Waals surface area (Å²) in [4.78, 5) is 21.5. The molecule has 0 rings (SSSR count). The molecule has 1 unspecified atom stereocenters. The zero-order valence-corrected chi connectivity index (χ0v) is 10.1. The molecule has 96 valence electrons. The van der Waals surface area contributed by atoms with Crippen LogP contribution in [0, 0.1) is 5.92 Å². The number of rotatable bonds is 8. The monoisotopic (exact) mass is 240 g/mol. The normalized spacial score (nSPS) is 12.0. The van der Waals surface area contributed by atoms with Gasteiger partial charge in [-0.1, -0.05) is 20.1 Å². The van der Waals surface area contributed by atoms with Crippen molar-refractivity contribution in [3.63, 3.8) is 0 Å². The quantitative estimate of drug-likeness (QED) is 0.195. The van der Waals surface area contributed by atoms with Gasteiger partial charge in [0.2, 0.25) is 0 Å². The summed E-state index contributed by atoms with van der Waals surface area (Å²) in [6.45, 7) is 9.95. The third-order valence-corrected chi connectivity index (χ3v) is 2.09. The molecule has 0 spiro atoms. The smallest absolute Gasteiger partial charge is 0.259 e. The highest BCUT2D eigenvalue weighted by Gasteiger charge is 2.13. The first-order valence-corrected chi connectivity index (χ1v) is 5.22. The molecule has 0 aliphatic carbocycles. The molecule has 0 aliphatic heterocycles. The highest BCUT2D eigenvalue weighted by atomic mass is 16.2. The number of carbonyl (C=O) groups excluding carboxylic acids is 2. The van der Waals surface area contributed by atoms with E-state index in [0.717, 1.165) is 11.1 Å². The van der Waals surface area contributed by atoms with Gasteiger partial charge in [-0.05, 0) is 12.0 Å². The van der Waals surface area contributed by atoms with Gasteiger partial charge in [0.05, 0.1) is 0 Å². The number of nitrogens with zero attached hydrogens (tertiary/aromatic N) is 2. The van der Waals surface area contributed by atoms with Crippen LogP contribution in [0.15, 0.2) is 24.8 Å². The second-order valence-electron chi connectivity index (χ2n) is 4.01. The first-order valence-electron chi connectivity index (χ1n) is 5.22. The number of aldehydes is 1. The van der Waals surface area contributed by atoms with E-state index in [1.165, 1.54) is 5.01 Å². The Balaban J connectivity index is 4.04. The van der Waals surface area contributed by atoms with E-state index in [-0.39, 0.29) is 11.8 Å². The highest BCUT2D eigenvalue weighted by Crippen LogP contribution is 2.00. The molecule has 17 heavy (non-hydrogen) atoms.